The van der Waals surface area contributed by atoms with Gasteiger partial charge < -0.3 is 9.84 Å². The van der Waals surface area contributed by atoms with E-state index in [0.29, 0.717) is 22.7 Å². The molecule has 0 spiro atoms. The van der Waals surface area contributed by atoms with Crippen molar-refractivity contribution in [3.8, 4) is 0 Å². The van der Waals surface area contributed by atoms with Crippen LogP contribution in [0.5, 0.6) is 0 Å². The Morgan fingerprint density at radius 2 is 2.33 bits per heavy atom. The van der Waals surface area contributed by atoms with E-state index in [1.54, 1.807) is 25.4 Å². The van der Waals surface area contributed by atoms with Crippen molar-refractivity contribution in [1.29, 1.82) is 0 Å². The van der Waals surface area contributed by atoms with Crippen LogP contribution in [0.1, 0.15) is 16.1 Å². The van der Waals surface area contributed by atoms with Gasteiger partial charge in [-0.1, -0.05) is 5.16 Å². The molecule has 0 aromatic carbocycles. The molecule has 0 fully saturated rings. The largest absolute Gasteiger partial charge is 0.361 e. The Kier molecular flexibility index (Phi) is 2.30. The molecule has 0 saturated heterocycles. The minimum Gasteiger partial charge on any atom is -0.361 e. The van der Waals surface area contributed by atoms with Gasteiger partial charge in [0.1, 0.15) is 11.3 Å². The summed E-state index contributed by atoms with van der Waals surface area (Å²) >= 11 is 0. The lowest BCUT2D eigenvalue weighted by atomic mass is 10.2. The van der Waals surface area contributed by atoms with Gasteiger partial charge in [0.15, 0.2) is 5.65 Å². The van der Waals surface area contributed by atoms with Crippen LogP contribution in [0.3, 0.4) is 0 Å². The molecule has 0 aliphatic carbocycles. The molecule has 0 saturated carbocycles. The van der Waals surface area contributed by atoms with Gasteiger partial charge in [-0.25, -0.2) is 4.98 Å². The van der Waals surface area contributed by atoms with Crippen molar-refractivity contribution in [3.63, 3.8) is 0 Å². The Bertz CT molecular complexity index is 715. The first kappa shape index (κ1) is 10.5. The van der Waals surface area contributed by atoms with Crippen LogP contribution in [-0.2, 0) is 0 Å². The number of H-pyrrole nitrogens is 1. The maximum absolute atomic E-state index is 12.0. The average molecular weight is 243 g/mol. The van der Waals surface area contributed by atoms with Crippen molar-refractivity contribution in [2.45, 2.75) is 6.92 Å². The highest BCUT2D eigenvalue weighted by molar-refractivity contribution is 6.08. The highest BCUT2D eigenvalue weighted by Gasteiger charge is 2.14. The smallest absolute Gasteiger partial charge is 0.260 e. The van der Waals surface area contributed by atoms with Crippen LogP contribution in [0.4, 0.5) is 5.69 Å². The Labute approximate surface area is 101 Å². The van der Waals surface area contributed by atoms with E-state index < -0.39 is 0 Å². The average Bonchev–Trinajstić information content (AvgIpc) is 2.97. The van der Waals surface area contributed by atoms with E-state index in [4.69, 9.17) is 4.52 Å². The summed E-state index contributed by atoms with van der Waals surface area (Å²) in [6.45, 7) is 1.68. The normalized spacial score (nSPS) is 10.7. The van der Waals surface area contributed by atoms with Crippen LogP contribution in [0.2, 0.25) is 0 Å². The molecule has 3 aromatic rings. The Morgan fingerprint density at radius 3 is 3.11 bits per heavy atom. The lowest BCUT2D eigenvalue weighted by Crippen LogP contribution is -2.12. The number of fused-ring (bicyclic) bond motifs is 1. The van der Waals surface area contributed by atoms with E-state index in [1.807, 2.05) is 0 Å². The van der Waals surface area contributed by atoms with Gasteiger partial charge in [0.05, 0.1) is 23.5 Å². The van der Waals surface area contributed by atoms with Crippen molar-refractivity contribution >= 4 is 22.6 Å². The second kappa shape index (κ2) is 3.95. The molecular weight excluding hydrogens is 234 g/mol. The molecule has 3 rings (SSSR count). The summed E-state index contributed by atoms with van der Waals surface area (Å²) in [5, 5.41) is 13.7. The molecular formula is C11H9N5O2. The van der Waals surface area contributed by atoms with Crippen LogP contribution in [0.25, 0.3) is 11.0 Å². The number of carbonyl (C=O) groups is 1. The zero-order valence-electron chi connectivity index (χ0n) is 9.47. The Hall–Kier alpha value is -2.70. The fourth-order valence-electron chi connectivity index (χ4n) is 1.67. The van der Waals surface area contributed by atoms with E-state index in [0.717, 1.165) is 5.39 Å². The first-order valence-corrected chi connectivity index (χ1v) is 5.26. The summed E-state index contributed by atoms with van der Waals surface area (Å²) in [4.78, 5) is 16.1. The Balaban J connectivity index is 1.95. The maximum Gasteiger partial charge on any atom is 0.260 e. The maximum atomic E-state index is 12.0. The first-order valence-electron chi connectivity index (χ1n) is 5.26. The van der Waals surface area contributed by atoms with E-state index >= 15 is 0 Å². The third-order valence-electron chi connectivity index (χ3n) is 2.60. The second-order valence-electron chi connectivity index (χ2n) is 3.74. The molecule has 90 valence electrons. The van der Waals surface area contributed by atoms with Crippen LogP contribution < -0.4 is 5.32 Å². The van der Waals surface area contributed by atoms with Crippen molar-refractivity contribution in [2.24, 2.45) is 0 Å². The molecule has 0 atom stereocenters. The van der Waals surface area contributed by atoms with Gasteiger partial charge in [0.2, 0.25) is 0 Å². The molecule has 0 radical (unpaired) electrons. The number of anilines is 1. The predicted octanol–water partition coefficient (Wildman–Crippen LogP) is 1.51. The summed E-state index contributed by atoms with van der Waals surface area (Å²) in [5.41, 5.74) is 1.66. The van der Waals surface area contributed by atoms with Crippen LogP contribution in [0.15, 0.2) is 29.2 Å². The van der Waals surface area contributed by atoms with E-state index in [-0.39, 0.29) is 5.91 Å². The molecule has 7 heteroatoms. The van der Waals surface area contributed by atoms with Crippen molar-refractivity contribution in [2.75, 3.05) is 5.32 Å². The van der Waals surface area contributed by atoms with Gasteiger partial charge in [0.25, 0.3) is 5.91 Å². The fourth-order valence-corrected chi connectivity index (χ4v) is 1.67. The molecule has 3 heterocycles. The second-order valence-corrected chi connectivity index (χ2v) is 3.74. The number of amides is 1. The van der Waals surface area contributed by atoms with Crippen LogP contribution in [0, 0.1) is 6.92 Å². The zero-order chi connectivity index (χ0) is 12.5. The number of hydrogen-bond donors (Lipinski definition) is 2. The number of carbonyl (C=O) groups excluding carboxylic acids is 1. The highest BCUT2D eigenvalue weighted by Crippen LogP contribution is 2.20. The van der Waals surface area contributed by atoms with E-state index in [1.165, 1.54) is 6.20 Å². The van der Waals surface area contributed by atoms with Crippen molar-refractivity contribution in [1.82, 2.24) is 20.3 Å². The SMILES string of the molecule is Cc1oncc1C(=O)Nc1ccnc2[nH]ncc12. The zero-order valence-corrected chi connectivity index (χ0v) is 9.47. The molecule has 2 N–H and O–H groups in total. The van der Waals surface area contributed by atoms with Gasteiger partial charge >= 0.3 is 0 Å². The summed E-state index contributed by atoms with van der Waals surface area (Å²) in [6, 6.07) is 1.71. The number of aromatic nitrogens is 4. The molecule has 18 heavy (non-hydrogen) atoms. The van der Waals surface area contributed by atoms with Crippen LogP contribution in [-0.4, -0.2) is 26.2 Å². The van der Waals surface area contributed by atoms with Crippen molar-refractivity contribution in [3.05, 3.63) is 36.0 Å². The number of hydrogen-bond acceptors (Lipinski definition) is 5. The van der Waals surface area contributed by atoms with Gasteiger partial charge in [-0.15, -0.1) is 0 Å². The van der Waals surface area contributed by atoms with E-state index in [9.17, 15) is 4.79 Å². The Morgan fingerprint density at radius 1 is 1.44 bits per heavy atom. The molecule has 3 aromatic heterocycles. The first-order chi connectivity index (χ1) is 8.75. The monoisotopic (exact) mass is 243 g/mol. The quantitative estimate of drug-likeness (QED) is 0.711. The lowest BCUT2D eigenvalue weighted by molar-refractivity contribution is 0.102. The summed E-state index contributed by atoms with van der Waals surface area (Å²) in [5.74, 6) is 0.201. The van der Waals surface area contributed by atoms with Gasteiger partial charge in [-0.2, -0.15) is 5.10 Å². The molecule has 7 nitrogen and oxygen atoms in total. The lowest BCUT2D eigenvalue weighted by Gasteiger charge is -2.04. The molecule has 0 aliphatic heterocycles. The molecule has 0 aliphatic rings. The number of aryl methyl sites for hydroxylation is 1. The van der Waals surface area contributed by atoms with Crippen molar-refractivity contribution < 1.29 is 9.32 Å². The number of nitrogens with zero attached hydrogens (tertiary/aromatic N) is 3. The number of aromatic amines is 1. The molecule has 0 unspecified atom stereocenters. The van der Waals surface area contributed by atoms with Gasteiger partial charge in [-0.05, 0) is 13.0 Å². The number of pyridine rings is 1. The predicted molar refractivity (Wildman–Crippen MR) is 63.1 cm³/mol. The highest BCUT2D eigenvalue weighted by atomic mass is 16.5. The minimum absolute atomic E-state index is 0.276. The minimum atomic E-state index is -0.276. The summed E-state index contributed by atoms with van der Waals surface area (Å²) in [7, 11) is 0. The van der Waals surface area contributed by atoms with Gasteiger partial charge in [-0.3, -0.25) is 9.89 Å². The van der Waals surface area contributed by atoms with E-state index in [2.05, 4.69) is 25.7 Å². The number of rotatable bonds is 2. The third kappa shape index (κ3) is 1.61. The number of nitrogens with one attached hydrogen (secondary N) is 2. The van der Waals surface area contributed by atoms with Gasteiger partial charge in [0, 0.05) is 6.20 Å². The fraction of sp³-hybridized carbons (Fsp3) is 0.0909. The summed E-state index contributed by atoms with van der Waals surface area (Å²) in [6.07, 6.45) is 4.59. The standard InChI is InChI=1S/C11H9N5O2/c1-6-7(5-14-18-6)11(17)15-9-2-3-12-10-8(9)4-13-16-10/h2-5H,1H3,(H2,12,13,15,16,17). The molecule has 0 bridgehead atoms. The summed E-state index contributed by atoms with van der Waals surface area (Å²) < 4.78 is 4.85. The third-order valence-corrected chi connectivity index (χ3v) is 2.60. The topological polar surface area (TPSA) is 96.7 Å². The molecule has 1 amide bonds. The van der Waals surface area contributed by atoms with Crippen LogP contribution >= 0.6 is 0 Å².